The van der Waals surface area contributed by atoms with Crippen molar-refractivity contribution in [2.45, 2.75) is 103 Å². The molecule has 198 valence electrons. The van der Waals surface area contributed by atoms with Crippen LogP contribution in [0.1, 0.15) is 79.1 Å². The van der Waals surface area contributed by atoms with Crippen LogP contribution in [0.3, 0.4) is 0 Å². The summed E-state index contributed by atoms with van der Waals surface area (Å²) in [4.78, 5) is 14.0. The largest absolute Gasteiger partial charge is 0.396 e. The molecule has 0 heterocycles. The summed E-state index contributed by atoms with van der Waals surface area (Å²) < 4.78 is 0. The lowest BCUT2D eigenvalue weighted by Gasteiger charge is -2.56. The van der Waals surface area contributed by atoms with Crippen LogP contribution < -0.4 is 0 Å². The standard InChI is InChI=1S/C27H48O7/c1-15(2)6-5-7-16(3)18-8-9-19(26(18,4)10-11-28)17-12-20(30)22-24(33)23(32)21(31)13-27(22,14-29)25(17)34/h15-24,28-33H,5-14H2,1-4H3. The van der Waals surface area contributed by atoms with Crippen LogP contribution in [0.15, 0.2) is 0 Å². The Balaban J connectivity index is 1.89. The van der Waals surface area contributed by atoms with E-state index in [1.165, 1.54) is 6.42 Å². The van der Waals surface area contributed by atoms with E-state index in [0.717, 1.165) is 25.7 Å². The van der Waals surface area contributed by atoms with Crippen LogP contribution in [0, 0.1) is 46.3 Å². The SMILES string of the molecule is CC(C)CCCC(C)C1CCC(C2CC(O)C3C(O)C(O)C(O)CC3(CO)C2=O)C1(C)CCO. The average Bonchev–Trinajstić information content (AvgIpc) is 3.10. The average molecular weight is 485 g/mol. The van der Waals surface area contributed by atoms with Crippen LogP contribution in [-0.4, -0.2) is 74.1 Å². The summed E-state index contributed by atoms with van der Waals surface area (Å²) in [7, 11) is 0. The van der Waals surface area contributed by atoms with Crippen molar-refractivity contribution in [3.63, 3.8) is 0 Å². The molecule has 7 heteroatoms. The first-order valence-corrected chi connectivity index (χ1v) is 13.4. The fourth-order valence-corrected chi connectivity index (χ4v) is 8.29. The number of fused-ring (bicyclic) bond motifs is 1. The number of hydrogen-bond acceptors (Lipinski definition) is 7. The molecule has 0 radical (unpaired) electrons. The van der Waals surface area contributed by atoms with Crippen molar-refractivity contribution >= 4 is 5.78 Å². The molecule has 0 bridgehead atoms. The number of ketones is 1. The number of aliphatic hydroxyl groups excluding tert-OH is 6. The molecule has 0 amide bonds. The van der Waals surface area contributed by atoms with E-state index in [9.17, 15) is 35.4 Å². The molecule has 3 aliphatic carbocycles. The van der Waals surface area contributed by atoms with Gasteiger partial charge in [-0.2, -0.15) is 0 Å². The normalized spacial score (nSPS) is 46.0. The van der Waals surface area contributed by atoms with Gasteiger partial charge in [0.05, 0.1) is 30.3 Å². The maximum Gasteiger partial charge on any atom is 0.145 e. The van der Waals surface area contributed by atoms with Gasteiger partial charge < -0.3 is 30.6 Å². The maximum atomic E-state index is 14.0. The first-order valence-electron chi connectivity index (χ1n) is 13.4. The van der Waals surface area contributed by atoms with Gasteiger partial charge in [-0.1, -0.05) is 47.0 Å². The third-order valence-corrected chi connectivity index (χ3v) is 10.1. The monoisotopic (exact) mass is 484 g/mol. The lowest BCUT2D eigenvalue weighted by molar-refractivity contribution is -0.216. The van der Waals surface area contributed by atoms with Crippen molar-refractivity contribution in [3.05, 3.63) is 0 Å². The molecule has 3 rings (SSSR count). The van der Waals surface area contributed by atoms with Gasteiger partial charge in [-0.25, -0.2) is 0 Å². The summed E-state index contributed by atoms with van der Waals surface area (Å²) in [5.41, 5.74) is -1.75. The van der Waals surface area contributed by atoms with Crippen LogP contribution in [-0.2, 0) is 4.79 Å². The van der Waals surface area contributed by atoms with Gasteiger partial charge in [0.2, 0.25) is 0 Å². The van der Waals surface area contributed by atoms with Crippen molar-refractivity contribution < 1.29 is 35.4 Å². The van der Waals surface area contributed by atoms with Crippen LogP contribution >= 0.6 is 0 Å². The summed E-state index contributed by atoms with van der Waals surface area (Å²) in [5.74, 6) is -0.308. The van der Waals surface area contributed by atoms with Crippen molar-refractivity contribution in [1.29, 1.82) is 0 Å². The number of rotatable bonds is 9. The number of aliphatic hydroxyl groups is 6. The van der Waals surface area contributed by atoms with Crippen LogP contribution in [0.2, 0.25) is 0 Å². The van der Waals surface area contributed by atoms with Crippen LogP contribution in [0.4, 0.5) is 0 Å². The van der Waals surface area contributed by atoms with Gasteiger partial charge in [0.1, 0.15) is 11.9 Å². The zero-order valence-electron chi connectivity index (χ0n) is 21.4. The molecule has 0 aromatic rings. The molecule has 3 aliphatic rings. The molecule has 11 unspecified atom stereocenters. The zero-order valence-corrected chi connectivity index (χ0v) is 21.4. The highest BCUT2D eigenvalue weighted by molar-refractivity contribution is 5.89. The number of hydrogen-bond donors (Lipinski definition) is 6. The topological polar surface area (TPSA) is 138 Å². The van der Waals surface area contributed by atoms with Crippen molar-refractivity contribution in [2.75, 3.05) is 13.2 Å². The van der Waals surface area contributed by atoms with Gasteiger partial charge in [0.15, 0.2) is 0 Å². The van der Waals surface area contributed by atoms with E-state index in [0.29, 0.717) is 24.2 Å². The second kappa shape index (κ2) is 10.8. The quantitative estimate of drug-likeness (QED) is 0.294. The highest BCUT2D eigenvalue weighted by Crippen LogP contribution is 2.60. The third kappa shape index (κ3) is 4.73. The highest BCUT2D eigenvalue weighted by Gasteiger charge is 2.65. The molecule has 34 heavy (non-hydrogen) atoms. The smallest absolute Gasteiger partial charge is 0.145 e. The Hall–Kier alpha value is -0.570. The van der Waals surface area contributed by atoms with Gasteiger partial charge in [0.25, 0.3) is 0 Å². The predicted molar refractivity (Wildman–Crippen MR) is 129 cm³/mol. The van der Waals surface area contributed by atoms with E-state index in [1.54, 1.807) is 0 Å². The zero-order chi connectivity index (χ0) is 25.4. The number of carbonyl (C=O) groups is 1. The summed E-state index contributed by atoms with van der Waals surface area (Å²) in [6.45, 7) is 8.37. The van der Waals surface area contributed by atoms with Crippen LogP contribution in [0.25, 0.3) is 0 Å². The third-order valence-electron chi connectivity index (χ3n) is 10.1. The van der Waals surface area contributed by atoms with Gasteiger partial charge in [-0.15, -0.1) is 0 Å². The Labute approximate surface area is 204 Å². The Morgan fingerprint density at radius 3 is 2.24 bits per heavy atom. The first kappa shape index (κ1) is 28.0. The van der Waals surface area contributed by atoms with E-state index in [2.05, 4.69) is 27.7 Å². The number of carbonyl (C=O) groups excluding carboxylic acids is 1. The lowest BCUT2D eigenvalue weighted by Crippen LogP contribution is -2.67. The molecule has 0 aliphatic heterocycles. The maximum absolute atomic E-state index is 14.0. The minimum atomic E-state index is -1.48. The Morgan fingerprint density at radius 1 is 0.971 bits per heavy atom. The Kier molecular flexibility index (Phi) is 8.91. The number of Topliss-reactive ketones (excluding diaryl/α,β-unsaturated/α-hetero) is 1. The lowest BCUT2D eigenvalue weighted by atomic mass is 9.50. The fraction of sp³-hybridized carbons (Fsp3) is 0.963. The second-order valence-corrected chi connectivity index (χ2v) is 12.4. The van der Waals surface area contributed by atoms with Crippen LogP contribution in [0.5, 0.6) is 0 Å². The van der Waals surface area contributed by atoms with Gasteiger partial charge >= 0.3 is 0 Å². The minimum absolute atomic E-state index is 0.0308. The van der Waals surface area contributed by atoms with Gasteiger partial charge in [-0.05, 0) is 61.2 Å². The van der Waals surface area contributed by atoms with Crippen molar-refractivity contribution in [1.82, 2.24) is 0 Å². The highest BCUT2D eigenvalue weighted by atomic mass is 16.4. The summed E-state index contributed by atoms with van der Waals surface area (Å²) in [6.07, 6.45) is 0.480. The van der Waals surface area contributed by atoms with Crippen molar-refractivity contribution in [2.24, 2.45) is 46.3 Å². The van der Waals surface area contributed by atoms with E-state index in [4.69, 9.17) is 0 Å². The molecule has 3 fully saturated rings. The molecule has 11 atom stereocenters. The molecule has 0 spiro atoms. The predicted octanol–water partition coefficient (Wildman–Crippen LogP) is 1.89. The van der Waals surface area contributed by atoms with E-state index >= 15 is 0 Å². The van der Waals surface area contributed by atoms with E-state index in [-0.39, 0.29) is 36.6 Å². The van der Waals surface area contributed by atoms with Gasteiger partial charge in [0, 0.05) is 18.4 Å². The molecular weight excluding hydrogens is 436 g/mol. The molecular formula is C27H48O7. The summed E-state index contributed by atoms with van der Waals surface area (Å²) in [6, 6.07) is 0. The summed E-state index contributed by atoms with van der Waals surface area (Å²) >= 11 is 0. The minimum Gasteiger partial charge on any atom is -0.396 e. The molecule has 3 saturated carbocycles. The van der Waals surface area contributed by atoms with Gasteiger partial charge in [-0.3, -0.25) is 4.79 Å². The molecule has 0 saturated heterocycles. The summed E-state index contributed by atoms with van der Waals surface area (Å²) in [5, 5.41) is 62.7. The molecule has 7 nitrogen and oxygen atoms in total. The van der Waals surface area contributed by atoms with E-state index in [1.807, 2.05) is 0 Å². The Morgan fingerprint density at radius 2 is 1.65 bits per heavy atom. The molecule has 6 N–H and O–H groups in total. The second-order valence-electron chi connectivity index (χ2n) is 12.4. The molecule has 0 aromatic heterocycles. The Bertz CT molecular complexity index is 698. The first-order chi connectivity index (χ1) is 15.9. The van der Waals surface area contributed by atoms with E-state index < -0.39 is 48.3 Å². The fourth-order valence-electron chi connectivity index (χ4n) is 8.29. The molecule has 0 aromatic carbocycles. The van der Waals surface area contributed by atoms with Crippen molar-refractivity contribution in [3.8, 4) is 0 Å².